The second-order valence-corrected chi connectivity index (χ2v) is 6.35. The summed E-state index contributed by atoms with van der Waals surface area (Å²) >= 11 is 0. The molecule has 2 heterocycles. The van der Waals surface area contributed by atoms with Crippen LogP contribution in [0, 0.1) is 0 Å². The molecule has 2 aromatic carbocycles. The predicted molar refractivity (Wildman–Crippen MR) is 107 cm³/mol. The molecule has 0 aliphatic heterocycles. The zero-order valence-electron chi connectivity index (χ0n) is 14.7. The standard InChI is InChI=1S/C21H18N4O2/c1-13(17-6-2-4-14-5-3-10-22-19(14)17)24-21(27)25-16-7-8-18-15(12-16)9-11-23-20(18)26/h2-13H,1H3,(H,23,26)(H2,24,25,27). The van der Waals surface area contributed by atoms with Crippen LogP contribution in [0.5, 0.6) is 0 Å². The van der Waals surface area contributed by atoms with Crippen LogP contribution >= 0.6 is 0 Å². The van der Waals surface area contributed by atoms with Gasteiger partial charge < -0.3 is 15.6 Å². The minimum Gasteiger partial charge on any atom is -0.331 e. The second kappa shape index (κ2) is 6.92. The number of urea groups is 1. The highest BCUT2D eigenvalue weighted by molar-refractivity contribution is 5.93. The van der Waals surface area contributed by atoms with Crippen molar-refractivity contribution in [1.29, 1.82) is 0 Å². The van der Waals surface area contributed by atoms with Crippen molar-refractivity contribution in [1.82, 2.24) is 15.3 Å². The van der Waals surface area contributed by atoms with Gasteiger partial charge in [0.15, 0.2) is 0 Å². The highest BCUT2D eigenvalue weighted by Gasteiger charge is 2.13. The van der Waals surface area contributed by atoms with Crippen LogP contribution in [0.2, 0.25) is 0 Å². The number of carbonyl (C=O) groups excluding carboxylic acids is 1. The van der Waals surface area contributed by atoms with Gasteiger partial charge in [0, 0.05) is 34.4 Å². The van der Waals surface area contributed by atoms with Crippen molar-refractivity contribution in [3.05, 3.63) is 82.9 Å². The lowest BCUT2D eigenvalue weighted by molar-refractivity contribution is 0.249. The molecular weight excluding hydrogens is 340 g/mol. The van der Waals surface area contributed by atoms with Gasteiger partial charge in [0.05, 0.1) is 11.6 Å². The molecule has 4 aromatic rings. The van der Waals surface area contributed by atoms with Crippen LogP contribution in [0.25, 0.3) is 21.7 Å². The number of anilines is 1. The van der Waals surface area contributed by atoms with E-state index >= 15 is 0 Å². The summed E-state index contributed by atoms with van der Waals surface area (Å²) in [6.07, 6.45) is 3.33. The van der Waals surface area contributed by atoms with Crippen molar-refractivity contribution in [2.24, 2.45) is 0 Å². The Bertz CT molecular complexity index is 1190. The third kappa shape index (κ3) is 3.37. The van der Waals surface area contributed by atoms with Crippen LogP contribution in [0.3, 0.4) is 0 Å². The number of carbonyl (C=O) groups is 1. The fourth-order valence-electron chi connectivity index (χ4n) is 3.19. The first-order valence-corrected chi connectivity index (χ1v) is 8.64. The molecule has 0 saturated carbocycles. The van der Waals surface area contributed by atoms with Crippen molar-refractivity contribution in [2.75, 3.05) is 5.32 Å². The third-order valence-electron chi connectivity index (χ3n) is 4.51. The van der Waals surface area contributed by atoms with Crippen LogP contribution in [0.4, 0.5) is 10.5 Å². The minimum atomic E-state index is -0.320. The van der Waals surface area contributed by atoms with E-state index in [0.29, 0.717) is 11.1 Å². The van der Waals surface area contributed by atoms with Gasteiger partial charge in [-0.2, -0.15) is 0 Å². The molecule has 0 radical (unpaired) electrons. The summed E-state index contributed by atoms with van der Waals surface area (Å²) in [5.41, 5.74) is 2.29. The highest BCUT2D eigenvalue weighted by atomic mass is 16.2. The molecule has 4 rings (SSSR count). The third-order valence-corrected chi connectivity index (χ3v) is 4.51. The van der Waals surface area contributed by atoms with E-state index in [1.54, 1.807) is 36.7 Å². The summed E-state index contributed by atoms with van der Waals surface area (Å²) < 4.78 is 0. The quantitative estimate of drug-likeness (QED) is 0.518. The molecule has 6 nitrogen and oxygen atoms in total. The summed E-state index contributed by atoms with van der Waals surface area (Å²) in [7, 11) is 0. The van der Waals surface area contributed by atoms with E-state index in [1.165, 1.54) is 0 Å². The van der Waals surface area contributed by atoms with Crippen molar-refractivity contribution < 1.29 is 4.79 Å². The SMILES string of the molecule is CC(NC(=O)Nc1ccc2c(=O)[nH]ccc2c1)c1cccc2cccnc12. The first-order valence-electron chi connectivity index (χ1n) is 8.64. The van der Waals surface area contributed by atoms with Crippen molar-refractivity contribution >= 4 is 33.4 Å². The number of para-hydroxylation sites is 1. The molecule has 0 spiro atoms. The van der Waals surface area contributed by atoms with E-state index in [2.05, 4.69) is 20.6 Å². The van der Waals surface area contributed by atoms with E-state index in [-0.39, 0.29) is 17.6 Å². The first kappa shape index (κ1) is 16.8. The van der Waals surface area contributed by atoms with Crippen molar-refractivity contribution in [2.45, 2.75) is 13.0 Å². The van der Waals surface area contributed by atoms with Crippen LogP contribution in [-0.2, 0) is 0 Å². The summed E-state index contributed by atoms with van der Waals surface area (Å²) in [6, 6.07) is 16.2. The van der Waals surface area contributed by atoms with Gasteiger partial charge in [-0.1, -0.05) is 24.3 Å². The van der Waals surface area contributed by atoms with E-state index in [0.717, 1.165) is 21.9 Å². The number of aromatic nitrogens is 2. The molecule has 1 unspecified atom stereocenters. The second-order valence-electron chi connectivity index (χ2n) is 6.35. The molecule has 0 bridgehead atoms. The highest BCUT2D eigenvalue weighted by Crippen LogP contribution is 2.22. The minimum absolute atomic E-state index is 0.152. The normalized spacial score (nSPS) is 12.0. The Morgan fingerprint density at radius 3 is 2.81 bits per heavy atom. The number of rotatable bonds is 3. The lowest BCUT2D eigenvalue weighted by Gasteiger charge is -2.16. The Morgan fingerprint density at radius 1 is 1.07 bits per heavy atom. The topological polar surface area (TPSA) is 86.9 Å². The number of amides is 2. The summed E-state index contributed by atoms with van der Waals surface area (Å²) in [6.45, 7) is 1.92. The molecule has 0 aliphatic carbocycles. The van der Waals surface area contributed by atoms with E-state index in [1.807, 2.05) is 37.3 Å². The molecule has 0 fully saturated rings. The van der Waals surface area contributed by atoms with Crippen LogP contribution in [-0.4, -0.2) is 16.0 Å². The number of pyridine rings is 2. The molecule has 3 N–H and O–H groups in total. The van der Waals surface area contributed by atoms with E-state index in [9.17, 15) is 9.59 Å². The predicted octanol–water partition coefficient (Wildman–Crippen LogP) is 3.96. The zero-order chi connectivity index (χ0) is 18.8. The number of hydrogen-bond acceptors (Lipinski definition) is 3. The van der Waals surface area contributed by atoms with Crippen molar-refractivity contribution in [3.8, 4) is 0 Å². The molecule has 6 heteroatoms. The maximum absolute atomic E-state index is 12.4. The largest absolute Gasteiger partial charge is 0.331 e. The fourth-order valence-corrected chi connectivity index (χ4v) is 3.19. The van der Waals surface area contributed by atoms with E-state index in [4.69, 9.17) is 0 Å². The van der Waals surface area contributed by atoms with Crippen molar-refractivity contribution in [3.63, 3.8) is 0 Å². The van der Waals surface area contributed by atoms with Gasteiger partial charge in [-0.15, -0.1) is 0 Å². The average Bonchev–Trinajstić information content (AvgIpc) is 2.67. The van der Waals surface area contributed by atoms with Gasteiger partial charge in [-0.25, -0.2) is 4.79 Å². The zero-order valence-corrected chi connectivity index (χ0v) is 14.7. The molecule has 1 atom stereocenters. The van der Waals surface area contributed by atoms with Gasteiger partial charge in [-0.05, 0) is 42.6 Å². The number of nitrogens with one attached hydrogen (secondary N) is 3. The number of aromatic amines is 1. The number of H-pyrrole nitrogens is 1. The average molecular weight is 358 g/mol. The van der Waals surface area contributed by atoms with Gasteiger partial charge in [0.25, 0.3) is 5.56 Å². The first-order chi connectivity index (χ1) is 13.1. The summed E-state index contributed by atoms with van der Waals surface area (Å²) in [5, 5.41) is 8.14. The Labute approximate surface area is 155 Å². The maximum atomic E-state index is 12.4. The van der Waals surface area contributed by atoms with Crippen LogP contribution in [0.15, 0.2) is 71.8 Å². The van der Waals surface area contributed by atoms with Gasteiger partial charge in [0.1, 0.15) is 0 Å². The summed E-state index contributed by atoms with van der Waals surface area (Å²) in [5.74, 6) is 0. The molecule has 2 amide bonds. The van der Waals surface area contributed by atoms with E-state index < -0.39 is 0 Å². The number of nitrogens with zero attached hydrogens (tertiary/aromatic N) is 1. The number of fused-ring (bicyclic) bond motifs is 2. The molecule has 0 saturated heterocycles. The molecule has 134 valence electrons. The Balaban J connectivity index is 1.53. The Kier molecular flexibility index (Phi) is 4.30. The maximum Gasteiger partial charge on any atom is 0.319 e. The number of benzene rings is 2. The van der Waals surface area contributed by atoms with Gasteiger partial charge >= 0.3 is 6.03 Å². The number of hydrogen-bond donors (Lipinski definition) is 3. The molecule has 0 aliphatic rings. The van der Waals surface area contributed by atoms with Gasteiger partial charge in [-0.3, -0.25) is 9.78 Å². The lowest BCUT2D eigenvalue weighted by atomic mass is 10.0. The Hall–Kier alpha value is -3.67. The van der Waals surface area contributed by atoms with Crippen LogP contribution < -0.4 is 16.2 Å². The molecular formula is C21H18N4O2. The van der Waals surface area contributed by atoms with Crippen LogP contribution in [0.1, 0.15) is 18.5 Å². The molecule has 2 aromatic heterocycles. The summed E-state index contributed by atoms with van der Waals surface area (Å²) in [4.78, 5) is 31.2. The fraction of sp³-hybridized carbons (Fsp3) is 0.0952. The Morgan fingerprint density at radius 2 is 1.93 bits per heavy atom. The smallest absolute Gasteiger partial charge is 0.319 e. The lowest BCUT2D eigenvalue weighted by Crippen LogP contribution is -2.31. The van der Waals surface area contributed by atoms with Gasteiger partial charge in [0.2, 0.25) is 0 Å². The monoisotopic (exact) mass is 358 g/mol. The molecule has 27 heavy (non-hydrogen) atoms.